The van der Waals surface area contributed by atoms with Crippen molar-refractivity contribution >= 4 is 50.7 Å². The lowest BCUT2D eigenvalue weighted by Crippen LogP contribution is -2.29. The van der Waals surface area contributed by atoms with Gasteiger partial charge < -0.3 is 14.4 Å². The van der Waals surface area contributed by atoms with E-state index in [9.17, 15) is 10.0 Å². The molecule has 0 saturated carbocycles. The van der Waals surface area contributed by atoms with Gasteiger partial charge in [-0.3, -0.25) is 0 Å². The zero-order valence-corrected chi connectivity index (χ0v) is 15.0. The summed E-state index contributed by atoms with van der Waals surface area (Å²) in [6, 6.07) is 28.9. The van der Waals surface area contributed by atoms with E-state index in [2.05, 4.69) is 46.9 Å². The Morgan fingerprint density at radius 3 is 2.04 bits per heavy atom. The minimum atomic E-state index is -1.50. The quantitative estimate of drug-likeness (QED) is 0.455. The molecule has 3 nitrogen and oxygen atoms in total. The maximum Gasteiger partial charge on any atom is 0.488 e. The molecule has 0 unspecified atom stereocenters. The third kappa shape index (κ3) is 2.01. The highest BCUT2D eigenvalue weighted by atomic mass is 16.4. The van der Waals surface area contributed by atoms with Crippen molar-refractivity contribution in [1.29, 1.82) is 0 Å². The molecule has 0 saturated heterocycles. The molecule has 0 spiro atoms. The highest BCUT2D eigenvalue weighted by Gasteiger charge is 2.21. The minimum Gasteiger partial charge on any atom is -0.423 e. The van der Waals surface area contributed by atoms with Gasteiger partial charge >= 0.3 is 7.12 Å². The van der Waals surface area contributed by atoms with Gasteiger partial charge in [0.05, 0.1) is 16.6 Å². The number of hydrogen-bond acceptors (Lipinski definition) is 2. The van der Waals surface area contributed by atoms with E-state index in [1.807, 2.05) is 42.5 Å². The van der Waals surface area contributed by atoms with Crippen LogP contribution in [0.4, 0.5) is 0 Å². The van der Waals surface area contributed by atoms with Gasteiger partial charge in [-0.1, -0.05) is 66.7 Å². The van der Waals surface area contributed by atoms with Gasteiger partial charge in [-0.25, -0.2) is 0 Å². The summed E-state index contributed by atoms with van der Waals surface area (Å²) in [5.41, 5.74) is 6.23. The Hall–Kier alpha value is -3.34. The fourth-order valence-corrected chi connectivity index (χ4v) is 4.48. The third-order valence-electron chi connectivity index (χ3n) is 5.72. The largest absolute Gasteiger partial charge is 0.488 e. The van der Waals surface area contributed by atoms with Crippen LogP contribution in [-0.4, -0.2) is 21.6 Å². The van der Waals surface area contributed by atoms with Gasteiger partial charge in [-0.05, 0) is 34.8 Å². The topological polar surface area (TPSA) is 44.9 Å². The maximum atomic E-state index is 9.86. The summed E-state index contributed by atoms with van der Waals surface area (Å²) in [7, 11) is -1.50. The zero-order valence-electron chi connectivity index (χ0n) is 15.0. The summed E-state index contributed by atoms with van der Waals surface area (Å²) in [4.78, 5) is 0. The number of hydrogen-bond donors (Lipinski definition) is 2. The summed E-state index contributed by atoms with van der Waals surface area (Å²) in [5.74, 6) is 0. The first-order chi connectivity index (χ1) is 13.7. The predicted molar refractivity (Wildman–Crippen MR) is 116 cm³/mol. The van der Waals surface area contributed by atoms with Crippen LogP contribution in [0.25, 0.3) is 49.2 Å². The first-order valence-electron chi connectivity index (χ1n) is 9.36. The summed E-state index contributed by atoms with van der Waals surface area (Å²) >= 11 is 0. The molecular formula is C24H16BNO2. The van der Waals surface area contributed by atoms with E-state index in [4.69, 9.17) is 0 Å². The van der Waals surface area contributed by atoms with E-state index in [1.165, 1.54) is 5.56 Å². The molecule has 0 aliphatic rings. The van der Waals surface area contributed by atoms with E-state index in [-0.39, 0.29) is 0 Å². The Kier molecular flexibility index (Phi) is 3.13. The SMILES string of the molecule is OB(O)c1cc2c3ccccc3n3c4ccc(-c5ccccc5)cc4c(c1)c23. The van der Waals surface area contributed by atoms with Gasteiger partial charge in [-0.15, -0.1) is 0 Å². The molecule has 0 radical (unpaired) electrons. The van der Waals surface area contributed by atoms with Crippen molar-refractivity contribution in [3.8, 4) is 11.1 Å². The smallest absolute Gasteiger partial charge is 0.423 e. The Labute approximate surface area is 161 Å². The fourth-order valence-electron chi connectivity index (χ4n) is 4.48. The van der Waals surface area contributed by atoms with Crippen molar-refractivity contribution in [2.75, 3.05) is 0 Å². The van der Waals surface area contributed by atoms with Gasteiger partial charge in [0, 0.05) is 21.5 Å². The number of nitrogens with zero attached hydrogens (tertiary/aromatic N) is 1. The van der Waals surface area contributed by atoms with Crippen LogP contribution in [-0.2, 0) is 0 Å². The van der Waals surface area contributed by atoms with E-state index < -0.39 is 7.12 Å². The Balaban J connectivity index is 1.82. The van der Waals surface area contributed by atoms with Gasteiger partial charge in [0.15, 0.2) is 0 Å². The van der Waals surface area contributed by atoms with Gasteiger partial charge in [0.25, 0.3) is 0 Å². The maximum absolute atomic E-state index is 9.86. The molecule has 0 aliphatic heterocycles. The van der Waals surface area contributed by atoms with E-state index in [0.29, 0.717) is 5.46 Å². The summed E-state index contributed by atoms with van der Waals surface area (Å²) in [5, 5.41) is 24.1. The monoisotopic (exact) mass is 361 g/mol. The molecule has 0 bridgehead atoms. The van der Waals surface area contributed by atoms with Crippen molar-refractivity contribution in [3.05, 3.63) is 84.9 Å². The van der Waals surface area contributed by atoms with Crippen LogP contribution < -0.4 is 5.46 Å². The van der Waals surface area contributed by atoms with Crippen molar-refractivity contribution in [3.63, 3.8) is 0 Å². The first-order valence-corrected chi connectivity index (χ1v) is 9.36. The van der Waals surface area contributed by atoms with Gasteiger partial charge in [0.2, 0.25) is 0 Å². The lowest BCUT2D eigenvalue weighted by Gasteiger charge is -2.04. The number of benzene rings is 4. The van der Waals surface area contributed by atoms with Gasteiger partial charge in [0.1, 0.15) is 0 Å². The second-order valence-corrected chi connectivity index (χ2v) is 7.29. The molecule has 2 N–H and O–H groups in total. The van der Waals surface area contributed by atoms with Crippen LogP contribution in [0.5, 0.6) is 0 Å². The molecule has 28 heavy (non-hydrogen) atoms. The van der Waals surface area contributed by atoms with Crippen molar-refractivity contribution in [2.24, 2.45) is 0 Å². The molecule has 6 aromatic rings. The second-order valence-electron chi connectivity index (χ2n) is 7.29. The Morgan fingerprint density at radius 2 is 1.25 bits per heavy atom. The molecule has 132 valence electrons. The molecule has 0 atom stereocenters. The van der Waals surface area contributed by atoms with Crippen LogP contribution in [0.1, 0.15) is 0 Å². The summed E-state index contributed by atoms with van der Waals surface area (Å²) in [6.07, 6.45) is 0. The van der Waals surface area contributed by atoms with Crippen molar-refractivity contribution in [2.45, 2.75) is 0 Å². The molecule has 0 fully saturated rings. The molecule has 2 aromatic heterocycles. The number of para-hydroxylation sites is 1. The standard InChI is InChI=1S/C24H16BNO2/c27-25(28)17-13-20-18-8-4-5-9-22(18)26-23-11-10-16(15-6-2-1-3-7-15)12-19(23)21(14-17)24(20)26/h1-14,27-28H. The van der Waals surface area contributed by atoms with Crippen LogP contribution in [0.15, 0.2) is 84.9 Å². The molecular weight excluding hydrogens is 345 g/mol. The normalized spacial score (nSPS) is 11.9. The lowest BCUT2D eigenvalue weighted by atomic mass is 9.79. The van der Waals surface area contributed by atoms with Crippen LogP contribution in [0, 0.1) is 0 Å². The zero-order chi connectivity index (χ0) is 18.8. The Bertz CT molecular complexity index is 1490. The van der Waals surface area contributed by atoms with Gasteiger partial charge in [-0.2, -0.15) is 0 Å². The third-order valence-corrected chi connectivity index (χ3v) is 5.72. The van der Waals surface area contributed by atoms with E-state index in [1.54, 1.807) is 0 Å². The molecule has 2 heterocycles. The number of rotatable bonds is 2. The lowest BCUT2D eigenvalue weighted by molar-refractivity contribution is 0.426. The average molecular weight is 361 g/mol. The summed E-state index contributed by atoms with van der Waals surface area (Å²) in [6.45, 7) is 0. The molecule has 0 aliphatic carbocycles. The van der Waals surface area contributed by atoms with Crippen LogP contribution in [0.2, 0.25) is 0 Å². The average Bonchev–Trinajstić information content (AvgIpc) is 3.25. The molecule has 4 aromatic carbocycles. The highest BCUT2D eigenvalue weighted by Crippen LogP contribution is 2.39. The van der Waals surface area contributed by atoms with E-state index in [0.717, 1.165) is 43.7 Å². The first kappa shape index (κ1) is 15.7. The van der Waals surface area contributed by atoms with Crippen molar-refractivity contribution < 1.29 is 10.0 Å². The minimum absolute atomic E-state index is 0.517. The second kappa shape index (κ2) is 5.58. The van der Waals surface area contributed by atoms with E-state index >= 15 is 0 Å². The molecule has 0 amide bonds. The van der Waals surface area contributed by atoms with Crippen LogP contribution in [0.3, 0.4) is 0 Å². The highest BCUT2D eigenvalue weighted by molar-refractivity contribution is 6.59. The fraction of sp³-hybridized carbons (Fsp3) is 0. The summed E-state index contributed by atoms with van der Waals surface area (Å²) < 4.78 is 2.29. The van der Waals surface area contributed by atoms with Crippen LogP contribution >= 0.6 is 0 Å². The number of aromatic nitrogens is 1. The molecule has 6 rings (SSSR count). The Morgan fingerprint density at radius 1 is 0.571 bits per heavy atom. The predicted octanol–water partition coefficient (Wildman–Crippen LogP) is 4.18. The number of fused-ring (bicyclic) bond motifs is 6. The van der Waals surface area contributed by atoms with Crippen molar-refractivity contribution in [1.82, 2.24) is 4.40 Å². The molecule has 4 heteroatoms.